The number of aromatic nitrogens is 2. The number of carbonyl (C=O) groups is 1. The molecule has 0 fully saturated rings. The molecule has 2 unspecified atom stereocenters. The first-order valence-corrected chi connectivity index (χ1v) is 9.73. The van der Waals surface area contributed by atoms with Crippen LogP contribution in [0.25, 0.3) is 10.9 Å². The third kappa shape index (κ3) is 3.71. The van der Waals surface area contributed by atoms with Crippen LogP contribution in [0.5, 0.6) is 5.88 Å². The number of alkyl halides is 3. The van der Waals surface area contributed by atoms with E-state index in [1.54, 1.807) is 49.4 Å². The van der Waals surface area contributed by atoms with Gasteiger partial charge in [-0.25, -0.2) is 14.8 Å². The number of hydrogen-bond acceptors (Lipinski definition) is 7. The summed E-state index contributed by atoms with van der Waals surface area (Å²) in [6.07, 6.45) is -2.28. The molecule has 1 aliphatic heterocycles. The molecular weight excluding hydrogens is 427 g/mol. The number of quaternary nitrogens is 1. The van der Waals surface area contributed by atoms with Crippen LogP contribution in [0, 0.1) is 0 Å². The molecule has 2 aromatic heterocycles. The number of nitrogens with two attached hydrogens (primary N) is 1. The summed E-state index contributed by atoms with van der Waals surface area (Å²) in [5, 5.41) is 0.459. The number of fused-ring (bicyclic) bond motifs is 3. The number of pyridine rings is 2. The number of aliphatic imine (C=N–C) groups is 1. The molecule has 3 heterocycles. The molecule has 0 bridgehead atoms. The van der Waals surface area contributed by atoms with Gasteiger partial charge >= 0.3 is 12.1 Å². The molecule has 1 aromatic carbocycles. The van der Waals surface area contributed by atoms with Gasteiger partial charge < -0.3 is 10.5 Å². The zero-order chi connectivity index (χ0) is 22.9. The second-order valence-corrected chi connectivity index (χ2v) is 7.08. The van der Waals surface area contributed by atoms with Gasteiger partial charge in [-0.15, -0.1) is 0 Å². The molecule has 8 nitrogen and oxygen atoms in total. The van der Waals surface area contributed by atoms with E-state index in [1.807, 2.05) is 0 Å². The summed E-state index contributed by atoms with van der Waals surface area (Å²) in [5.74, 6) is -2.06. The average Bonchev–Trinajstić information content (AvgIpc) is 3.15. The molecule has 166 valence electrons. The van der Waals surface area contributed by atoms with E-state index in [1.165, 1.54) is 6.20 Å². The van der Waals surface area contributed by atoms with Crippen LogP contribution >= 0.6 is 0 Å². The summed E-state index contributed by atoms with van der Waals surface area (Å²) in [6, 6.07) is 11.0. The van der Waals surface area contributed by atoms with Crippen molar-refractivity contribution in [3.8, 4) is 5.88 Å². The van der Waals surface area contributed by atoms with Crippen LogP contribution in [-0.4, -0.2) is 41.1 Å². The van der Waals surface area contributed by atoms with Gasteiger partial charge in [0.05, 0.1) is 10.9 Å². The molecular formula is C21H19F3N5O3+. The highest BCUT2D eigenvalue weighted by molar-refractivity contribution is 6.07. The van der Waals surface area contributed by atoms with Crippen molar-refractivity contribution in [3.63, 3.8) is 0 Å². The van der Waals surface area contributed by atoms with Crippen molar-refractivity contribution in [2.75, 3.05) is 12.3 Å². The molecule has 0 radical (unpaired) electrons. The minimum atomic E-state index is -5.21. The van der Waals surface area contributed by atoms with Gasteiger partial charge in [0.15, 0.2) is 17.5 Å². The Morgan fingerprint density at radius 3 is 2.62 bits per heavy atom. The number of anilines is 1. The number of halogens is 3. The predicted molar refractivity (Wildman–Crippen MR) is 112 cm³/mol. The van der Waals surface area contributed by atoms with E-state index in [9.17, 15) is 18.0 Å². The SMILES string of the molecule is CCC(COc1ccccn1)[N+]1(OC(=O)C(F)(F)F)C=Nc2c(N)nc3ccccc3c21. The number of nitrogen functional groups attached to an aromatic ring is 1. The van der Waals surface area contributed by atoms with E-state index in [-0.39, 0.29) is 36.1 Å². The van der Waals surface area contributed by atoms with Crippen LogP contribution in [0.1, 0.15) is 13.3 Å². The molecule has 0 spiro atoms. The minimum absolute atomic E-state index is 0.0125. The standard InChI is InChI=1S/C21H19F3N5O3/c1-2-13(11-31-16-9-5-6-10-26-16)29(32-20(30)21(22,23)24)12-27-17-18(29)14-7-3-4-8-15(14)28-19(17)25/h3-10,12-13H,2,11H2,1H3,(H2,25,28)/q+1. The molecule has 4 rings (SSSR count). The highest BCUT2D eigenvalue weighted by Crippen LogP contribution is 2.48. The van der Waals surface area contributed by atoms with Crippen molar-refractivity contribution in [1.82, 2.24) is 14.6 Å². The number of hydrogen-bond donors (Lipinski definition) is 1. The van der Waals surface area contributed by atoms with Gasteiger partial charge in [-0.05, 0) is 18.2 Å². The zero-order valence-corrected chi connectivity index (χ0v) is 16.9. The van der Waals surface area contributed by atoms with Gasteiger partial charge in [0, 0.05) is 18.7 Å². The summed E-state index contributed by atoms with van der Waals surface area (Å²) in [7, 11) is 0. The first-order chi connectivity index (χ1) is 15.3. The minimum Gasteiger partial charge on any atom is -0.471 e. The van der Waals surface area contributed by atoms with Gasteiger partial charge in [-0.2, -0.15) is 18.2 Å². The number of benzene rings is 1. The molecule has 0 saturated carbocycles. The van der Waals surface area contributed by atoms with Crippen molar-refractivity contribution in [3.05, 3.63) is 48.7 Å². The Morgan fingerprint density at radius 2 is 1.94 bits per heavy atom. The van der Waals surface area contributed by atoms with Gasteiger partial charge in [0.1, 0.15) is 6.61 Å². The maximum atomic E-state index is 13.3. The van der Waals surface area contributed by atoms with Gasteiger partial charge in [-0.3, -0.25) is 4.84 Å². The van der Waals surface area contributed by atoms with Gasteiger partial charge in [0.25, 0.3) is 0 Å². The average molecular weight is 446 g/mol. The van der Waals surface area contributed by atoms with E-state index >= 15 is 0 Å². The van der Waals surface area contributed by atoms with E-state index in [0.29, 0.717) is 10.9 Å². The molecule has 0 saturated heterocycles. The zero-order valence-electron chi connectivity index (χ0n) is 16.9. The molecule has 2 N–H and O–H groups in total. The van der Waals surface area contributed by atoms with Crippen LogP contribution in [0.15, 0.2) is 53.7 Å². The summed E-state index contributed by atoms with van der Waals surface area (Å²) >= 11 is 0. The molecule has 0 amide bonds. The highest BCUT2D eigenvalue weighted by Gasteiger charge is 2.55. The Labute approximate surface area is 180 Å². The van der Waals surface area contributed by atoms with Crippen molar-refractivity contribution < 1.29 is 27.5 Å². The van der Waals surface area contributed by atoms with Crippen LogP contribution in [-0.2, 0) is 9.63 Å². The third-order valence-electron chi connectivity index (χ3n) is 5.12. The fourth-order valence-electron chi connectivity index (χ4n) is 3.61. The number of ether oxygens (including phenoxy) is 1. The Kier molecular flexibility index (Phi) is 5.43. The number of rotatable bonds is 6. The normalized spacial score (nSPS) is 18.4. The van der Waals surface area contributed by atoms with E-state index in [4.69, 9.17) is 15.3 Å². The van der Waals surface area contributed by atoms with Gasteiger partial charge in [0.2, 0.25) is 17.9 Å². The van der Waals surface area contributed by atoms with Crippen LogP contribution in [0.2, 0.25) is 0 Å². The second kappa shape index (κ2) is 8.08. The van der Waals surface area contributed by atoms with E-state index < -0.39 is 22.8 Å². The lowest BCUT2D eigenvalue weighted by molar-refractivity contribution is -0.227. The first kappa shape index (κ1) is 21.5. The smallest absolute Gasteiger partial charge is 0.471 e. The van der Waals surface area contributed by atoms with Crippen LogP contribution in [0.4, 0.5) is 30.4 Å². The number of para-hydroxylation sites is 1. The lowest BCUT2D eigenvalue weighted by Crippen LogP contribution is -2.59. The lowest BCUT2D eigenvalue weighted by atomic mass is 10.1. The summed E-state index contributed by atoms with van der Waals surface area (Å²) in [4.78, 5) is 29.7. The molecule has 32 heavy (non-hydrogen) atoms. The predicted octanol–water partition coefficient (Wildman–Crippen LogP) is 4.07. The maximum absolute atomic E-state index is 13.3. The van der Waals surface area contributed by atoms with Crippen molar-refractivity contribution in [2.24, 2.45) is 4.99 Å². The second-order valence-electron chi connectivity index (χ2n) is 7.08. The monoisotopic (exact) mass is 446 g/mol. The largest absolute Gasteiger partial charge is 0.497 e. The molecule has 2 atom stereocenters. The summed E-state index contributed by atoms with van der Waals surface area (Å²) in [6.45, 7) is 1.63. The van der Waals surface area contributed by atoms with E-state index in [0.717, 1.165) is 6.34 Å². The van der Waals surface area contributed by atoms with Crippen LogP contribution in [0.3, 0.4) is 0 Å². The van der Waals surface area contributed by atoms with Crippen LogP contribution < -0.4 is 15.1 Å². The number of nitrogens with zero attached hydrogens (tertiary/aromatic N) is 4. The van der Waals surface area contributed by atoms with Crippen molar-refractivity contribution in [2.45, 2.75) is 25.6 Å². The topological polar surface area (TPSA) is 99.7 Å². The molecule has 3 aromatic rings. The summed E-state index contributed by atoms with van der Waals surface area (Å²) in [5.41, 5.74) is 6.82. The van der Waals surface area contributed by atoms with Crippen molar-refractivity contribution in [1.29, 1.82) is 0 Å². The molecule has 11 heteroatoms. The fourth-order valence-corrected chi connectivity index (χ4v) is 3.61. The quantitative estimate of drug-likeness (QED) is 0.573. The molecule has 0 aliphatic carbocycles. The molecule has 1 aliphatic rings. The lowest BCUT2D eigenvalue weighted by Gasteiger charge is -2.34. The Bertz CT molecular complexity index is 1190. The number of hydroxylamine groups is 2. The first-order valence-electron chi connectivity index (χ1n) is 9.73. The van der Waals surface area contributed by atoms with Crippen molar-refractivity contribution >= 4 is 40.4 Å². The van der Waals surface area contributed by atoms with Gasteiger partial charge in [-0.1, -0.05) is 29.8 Å². The third-order valence-corrected chi connectivity index (χ3v) is 5.12. The maximum Gasteiger partial charge on any atom is 0.497 e. The Hall–Kier alpha value is -3.73. The fraction of sp³-hybridized carbons (Fsp3) is 0.238. The Balaban J connectivity index is 1.86. The number of carbonyl (C=O) groups excluding carboxylic acids is 1. The highest BCUT2D eigenvalue weighted by atomic mass is 19.4. The summed E-state index contributed by atoms with van der Waals surface area (Å²) < 4.78 is 44.5. The Morgan fingerprint density at radius 1 is 1.19 bits per heavy atom. The van der Waals surface area contributed by atoms with E-state index in [2.05, 4.69) is 15.0 Å².